The molecule has 2 atom stereocenters. The van der Waals surface area contributed by atoms with E-state index in [0.717, 1.165) is 26.1 Å². The van der Waals surface area contributed by atoms with Crippen molar-refractivity contribution in [1.29, 1.82) is 0 Å². The van der Waals surface area contributed by atoms with Gasteiger partial charge in [0.2, 0.25) is 0 Å². The summed E-state index contributed by atoms with van der Waals surface area (Å²) in [6.07, 6.45) is 2.30. The zero-order valence-corrected chi connectivity index (χ0v) is 7.91. The minimum Gasteiger partial charge on any atom is -0.376 e. The van der Waals surface area contributed by atoms with Gasteiger partial charge in [-0.15, -0.1) is 0 Å². The lowest BCUT2D eigenvalue weighted by atomic mass is 10.1. The van der Waals surface area contributed by atoms with Gasteiger partial charge < -0.3 is 14.2 Å². The quantitative estimate of drug-likeness (QED) is 0.647. The van der Waals surface area contributed by atoms with Crippen molar-refractivity contribution in [2.24, 2.45) is 0 Å². The molecule has 72 valence electrons. The lowest BCUT2D eigenvalue weighted by Gasteiger charge is -2.28. The molecule has 1 saturated heterocycles. The molecule has 0 amide bonds. The SMILES string of the molecule is CCO[C@@H]1CC[C@H](OCC)OC1. The second kappa shape index (κ2) is 5.51. The summed E-state index contributed by atoms with van der Waals surface area (Å²) >= 11 is 0. The molecule has 12 heavy (non-hydrogen) atoms. The van der Waals surface area contributed by atoms with Crippen LogP contribution in [0.4, 0.5) is 0 Å². The minimum atomic E-state index is 0.00621. The highest BCUT2D eigenvalue weighted by Gasteiger charge is 2.21. The lowest BCUT2D eigenvalue weighted by Crippen LogP contribution is -2.32. The Morgan fingerprint density at radius 2 is 1.92 bits per heavy atom. The number of ether oxygens (including phenoxy) is 3. The highest BCUT2D eigenvalue weighted by atomic mass is 16.7. The summed E-state index contributed by atoms with van der Waals surface area (Å²) < 4.78 is 16.2. The maximum atomic E-state index is 5.44. The number of hydrogen-bond donors (Lipinski definition) is 0. The predicted octanol–water partition coefficient (Wildman–Crippen LogP) is 1.56. The van der Waals surface area contributed by atoms with Gasteiger partial charge in [-0.3, -0.25) is 0 Å². The monoisotopic (exact) mass is 174 g/mol. The van der Waals surface area contributed by atoms with Crippen LogP contribution < -0.4 is 0 Å². The Labute approximate surface area is 74.0 Å². The standard InChI is InChI=1S/C9H18O3/c1-3-10-8-5-6-9(11-4-2)12-7-8/h8-9H,3-7H2,1-2H3/t8-,9-/m1/s1. The first-order valence-corrected chi connectivity index (χ1v) is 4.71. The molecule has 0 unspecified atom stereocenters. The van der Waals surface area contributed by atoms with E-state index in [2.05, 4.69) is 0 Å². The first-order valence-electron chi connectivity index (χ1n) is 4.71. The van der Waals surface area contributed by atoms with Gasteiger partial charge in [0.1, 0.15) is 0 Å². The Morgan fingerprint density at radius 3 is 2.42 bits per heavy atom. The normalized spacial score (nSPS) is 30.5. The predicted molar refractivity (Wildman–Crippen MR) is 46.0 cm³/mol. The summed E-state index contributed by atoms with van der Waals surface area (Å²) in [6.45, 7) is 6.17. The Morgan fingerprint density at radius 1 is 1.17 bits per heavy atom. The molecule has 1 aliphatic rings. The Balaban J connectivity index is 2.11. The van der Waals surface area contributed by atoms with Crippen molar-refractivity contribution in [2.75, 3.05) is 19.8 Å². The van der Waals surface area contributed by atoms with Crippen LogP contribution in [0.2, 0.25) is 0 Å². The summed E-state index contributed by atoms with van der Waals surface area (Å²) in [4.78, 5) is 0. The van der Waals surface area contributed by atoms with E-state index in [1.54, 1.807) is 0 Å². The van der Waals surface area contributed by atoms with Crippen molar-refractivity contribution in [1.82, 2.24) is 0 Å². The largest absolute Gasteiger partial charge is 0.376 e. The van der Waals surface area contributed by atoms with Crippen LogP contribution in [0.15, 0.2) is 0 Å². The number of hydrogen-bond acceptors (Lipinski definition) is 3. The van der Waals surface area contributed by atoms with E-state index in [1.165, 1.54) is 0 Å². The third-order valence-electron chi connectivity index (χ3n) is 1.95. The van der Waals surface area contributed by atoms with Gasteiger partial charge in [-0.2, -0.15) is 0 Å². The minimum absolute atomic E-state index is 0.00621. The topological polar surface area (TPSA) is 27.7 Å². The molecular formula is C9H18O3. The zero-order chi connectivity index (χ0) is 8.81. The molecule has 0 radical (unpaired) electrons. The summed E-state index contributed by atoms with van der Waals surface area (Å²) in [5.74, 6) is 0. The maximum Gasteiger partial charge on any atom is 0.157 e. The summed E-state index contributed by atoms with van der Waals surface area (Å²) in [5, 5.41) is 0. The van der Waals surface area contributed by atoms with Crippen LogP contribution in [-0.4, -0.2) is 32.2 Å². The van der Waals surface area contributed by atoms with Crippen molar-refractivity contribution in [3.05, 3.63) is 0 Å². The van der Waals surface area contributed by atoms with Gasteiger partial charge in [-0.05, 0) is 20.3 Å². The van der Waals surface area contributed by atoms with E-state index in [4.69, 9.17) is 14.2 Å². The average Bonchev–Trinajstić information content (AvgIpc) is 2.09. The van der Waals surface area contributed by atoms with Gasteiger partial charge in [-0.1, -0.05) is 0 Å². The van der Waals surface area contributed by atoms with Gasteiger partial charge in [0.25, 0.3) is 0 Å². The molecule has 1 heterocycles. The van der Waals surface area contributed by atoms with Crippen molar-refractivity contribution in [3.8, 4) is 0 Å². The molecule has 0 spiro atoms. The van der Waals surface area contributed by atoms with Crippen molar-refractivity contribution >= 4 is 0 Å². The molecule has 1 aliphatic heterocycles. The van der Waals surface area contributed by atoms with E-state index in [-0.39, 0.29) is 12.4 Å². The van der Waals surface area contributed by atoms with E-state index < -0.39 is 0 Å². The van der Waals surface area contributed by atoms with Crippen LogP contribution in [0.5, 0.6) is 0 Å². The van der Waals surface area contributed by atoms with Crippen molar-refractivity contribution < 1.29 is 14.2 Å². The molecular weight excluding hydrogens is 156 g/mol. The van der Waals surface area contributed by atoms with Gasteiger partial charge in [0.05, 0.1) is 12.7 Å². The summed E-state index contributed by atoms with van der Waals surface area (Å²) in [6, 6.07) is 0. The number of rotatable bonds is 4. The summed E-state index contributed by atoms with van der Waals surface area (Å²) in [7, 11) is 0. The van der Waals surface area contributed by atoms with Crippen LogP contribution in [-0.2, 0) is 14.2 Å². The third kappa shape index (κ3) is 3.09. The maximum absolute atomic E-state index is 5.44. The Kier molecular flexibility index (Phi) is 4.58. The van der Waals surface area contributed by atoms with Crippen LogP contribution in [0, 0.1) is 0 Å². The van der Waals surface area contributed by atoms with Gasteiger partial charge in [-0.25, -0.2) is 0 Å². The van der Waals surface area contributed by atoms with Crippen LogP contribution in [0.1, 0.15) is 26.7 Å². The fourth-order valence-electron chi connectivity index (χ4n) is 1.39. The molecule has 0 N–H and O–H groups in total. The van der Waals surface area contributed by atoms with Crippen molar-refractivity contribution in [3.63, 3.8) is 0 Å². The molecule has 0 aromatic rings. The molecule has 1 fully saturated rings. The first-order chi connectivity index (χ1) is 5.86. The lowest BCUT2D eigenvalue weighted by molar-refractivity contribution is -0.191. The van der Waals surface area contributed by atoms with Gasteiger partial charge >= 0.3 is 0 Å². The Bertz CT molecular complexity index is 94.3. The molecule has 0 aromatic carbocycles. The highest BCUT2D eigenvalue weighted by molar-refractivity contribution is 4.64. The smallest absolute Gasteiger partial charge is 0.157 e. The van der Waals surface area contributed by atoms with Crippen molar-refractivity contribution in [2.45, 2.75) is 39.1 Å². The first kappa shape index (κ1) is 9.96. The third-order valence-corrected chi connectivity index (χ3v) is 1.95. The molecule has 0 bridgehead atoms. The average molecular weight is 174 g/mol. The molecule has 3 nitrogen and oxygen atoms in total. The van der Waals surface area contributed by atoms with Gasteiger partial charge in [0.15, 0.2) is 6.29 Å². The second-order valence-electron chi connectivity index (χ2n) is 2.87. The zero-order valence-electron chi connectivity index (χ0n) is 7.91. The van der Waals surface area contributed by atoms with Crippen LogP contribution >= 0.6 is 0 Å². The van der Waals surface area contributed by atoms with Crippen LogP contribution in [0.25, 0.3) is 0 Å². The van der Waals surface area contributed by atoms with E-state index >= 15 is 0 Å². The molecule has 3 heteroatoms. The second-order valence-corrected chi connectivity index (χ2v) is 2.87. The molecule has 1 rings (SSSR count). The Hall–Kier alpha value is -0.120. The van der Waals surface area contributed by atoms with Crippen LogP contribution in [0.3, 0.4) is 0 Å². The fraction of sp³-hybridized carbons (Fsp3) is 1.00. The van der Waals surface area contributed by atoms with E-state index in [1.807, 2.05) is 13.8 Å². The fourth-order valence-corrected chi connectivity index (χ4v) is 1.39. The molecule has 0 aliphatic carbocycles. The molecule has 0 saturated carbocycles. The van der Waals surface area contributed by atoms with E-state index in [0.29, 0.717) is 6.61 Å². The van der Waals surface area contributed by atoms with E-state index in [9.17, 15) is 0 Å². The van der Waals surface area contributed by atoms with Gasteiger partial charge in [0, 0.05) is 19.6 Å². The summed E-state index contributed by atoms with van der Waals surface area (Å²) in [5.41, 5.74) is 0. The highest BCUT2D eigenvalue weighted by Crippen LogP contribution is 2.16. The molecule has 0 aromatic heterocycles.